The SMILES string of the molecule is COc1ccc([C@H](C)NC(=O)CC23CC4CC(CC(C4)C2)C3)cc1. The van der Waals surface area contributed by atoms with Gasteiger partial charge in [0.15, 0.2) is 0 Å². The number of nitrogens with one attached hydrogen (secondary N) is 1. The van der Waals surface area contributed by atoms with Gasteiger partial charge in [0.1, 0.15) is 5.75 Å². The molecule has 24 heavy (non-hydrogen) atoms. The Bertz CT molecular complexity index is 571. The smallest absolute Gasteiger partial charge is 0.221 e. The van der Waals surface area contributed by atoms with Crippen LogP contribution in [-0.4, -0.2) is 13.0 Å². The summed E-state index contributed by atoms with van der Waals surface area (Å²) in [6.07, 6.45) is 8.92. The molecular formula is C21H29NO2. The van der Waals surface area contributed by atoms with Crippen molar-refractivity contribution in [1.29, 1.82) is 0 Å². The summed E-state index contributed by atoms with van der Waals surface area (Å²) in [5, 5.41) is 3.23. The predicted molar refractivity (Wildman–Crippen MR) is 94.8 cm³/mol. The van der Waals surface area contributed by atoms with Gasteiger partial charge in [-0.05, 0) is 86.3 Å². The minimum Gasteiger partial charge on any atom is -0.497 e. The lowest BCUT2D eigenvalue weighted by Gasteiger charge is -2.56. The Morgan fingerprint density at radius 2 is 1.67 bits per heavy atom. The Morgan fingerprint density at radius 3 is 2.17 bits per heavy atom. The van der Waals surface area contributed by atoms with E-state index < -0.39 is 0 Å². The van der Waals surface area contributed by atoms with Crippen LogP contribution in [0.3, 0.4) is 0 Å². The molecule has 4 aliphatic rings. The maximum absolute atomic E-state index is 12.7. The fraction of sp³-hybridized carbons (Fsp3) is 0.667. The van der Waals surface area contributed by atoms with E-state index in [0.29, 0.717) is 5.41 Å². The van der Waals surface area contributed by atoms with E-state index >= 15 is 0 Å². The van der Waals surface area contributed by atoms with Gasteiger partial charge in [-0.2, -0.15) is 0 Å². The van der Waals surface area contributed by atoms with E-state index in [-0.39, 0.29) is 11.9 Å². The number of benzene rings is 1. The first-order valence-electron chi connectivity index (χ1n) is 9.48. The summed E-state index contributed by atoms with van der Waals surface area (Å²) >= 11 is 0. The molecule has 1 aromatic carbocycles. The third kappa shape index (κ3) is 3.05. The molecule has 4 aliphatic carbocycles. The van der Waals surface area contributed by atoms with E-state index in [2.05, 4.69) is 12.2 Å². The summed E-state index contributed by atoms with van der Waals surface area (Å²) in [4.78, 5) is 12.7. The first kappa shape index (κ1) is 16.0. The van der Waals surface area contributed by atoms with Gasteiger partial charge in [0.25, 0.3) is 0 Å². The van der Waals surface area contributed by atoms with Crippen molar-refractivity contribution in [2.45, 2.75) is 57.9 Å². The van der Waals surface area contributed by atoms with Gasteiger partial charge in [0, 0.05) is 6.42 Å². The number of ether oxygens (including phenoxy) is 1. The highest BCUT2D eigenvalue weighted by molar-refractivity contribution is 5.77. The van der Waals surface area contributed by atoms with Crippen LogP contribution in [0.25, 0.3) is 0 Å². The molecule has 0 saturated heterocycles. The molecule has 0 spiro atoms. The molecule has 1 aromatic rings. The molecular weight excluding hydrogens is 298 g/mol. The van der Waals surface area contributed by atoms with Gasteiger partial charge < -0.3 is 10.1 Å². The highest BCUT2D eigenvalue weighted by Crippen LogP contribution is 2.61. The third-order valence-electron chi connectivity index (χ3n) is 6.69. The average Bonchev–Trinajstić information content (AvgIpc) is 2.53. The summed E-state index contributed by atoms with van der Waals surface area (Å²) in [5.41, 5.74) is 1.45. The van der Waals surface area contributed by atoms with Crippen molar-refractivity contribution in [3.8, 4) is 5.75 Å². The summed E-state index contributed by atoms with van der Waals surface area (Å²) in [6, 6.07) is 8.04. The van der Waals surface area contributed by atoms with Crippen molar-refractivity contribution in [2.75, 3.05) is 7.11 Å². The van der Waals surface area contributed by atoms with E-state index in [4.69, 9.17) is 4.74 Å². The van der Waals surface area contributed by atoms with Gasteiger partial charge in [-0.1, -0.05) is 12.1 Å². The standard InChI is InChI=1S/C21H29NO2/c1-14(18-3-5-19(24-2)6-4-18)22-20(23)13-21-10-15-7-16(11-21)9-17(8-15)12-21/h3-6,14-17H,7-13H2,1-2H3,(H,22,23)/t14-,15?,16?,17?,21?/m0/s1. The van der Waals surface area contributed by atoms with E-state index in [1.54, 1.807) is 7.11 Å². The topological polar surface area (TPSA) is 38.3 Å². The number of rotatable bonds is 5. The fourth-order valence-electron chi connectivity index (χ4n) is 6.12. The van der Waals surface area contributed by atoms with Gasteiger partial charge in [0.2, 0.25) is 5.91 Å². The van der Waals surface area contributed by atoms with Gasteiger partial charge in [-0.25, -0.2) is 0 Å². The Hall–Kier alpha value is -1.51. The normalized spacial score (nSPS) is 34.8. The number of amides is 1. The van der Waals surface area contributed by atoms with E-state index in [1.165, 1.54) is 38.5 Å². The summed E-state index contributed by atoms with van der Waals surface area (Å²) in [7, 11) is 1.67. The van der Waals surface area contributed by atoms with Crippen molar-refractivity contribution in [3.63, 3.8) is 0 Å². The molecule has 4 bridgehead atoms. The van der Waals surface area contributed by atoms with Crippen LogP contribution in [-0.2, 0) is 4.79 Å². The first-order valence-corrected chi connectivity index (χ1v) is 9.48. The lowest BCUT2D eigenvalue weighted by Crippen LogP contribution is -2.48. The maximum atomic E-state index is 12.7. The predicted octanol–water partition coefficient (Wildman–Crippen LogP) is 4.48. The van der Waals surface area contributed by atoms with Crippen LogP contribution in [0.1, 0.15) is 63.5 Å². The summed E-state index contributed by atoms with van der Waals surface area (Å²) < 4.78 is 5.20. The molecule has 1 amide bonds. The largest absolute Gasteiger partial charge is 0.497 e. The van der Waals surface area contributed by atoms with Crippen LogP contribution in [0.15, 0.2) is 24.3 Å². The minimum absolute atomic E-state index is 0.0531. The molecule has 3 heteroatoms. The van der Waals surface area contributed by atoms with E-state index in [1.807, 2.05) is 24.3 Å². The lowest BCUT2D eigenvalue weighted by atomic mass is 9.49. The molecule has 0 radical (unpaired) electrons. The lowest BCUT2D eigenvalue weighted by molar-refractivity contribution is -0.130. The fourth-order valence-corrected chi connectivity index (χ4v) is 6.12. The number of hydrogen-bond donors (Lipinski definition) is 1. The van der Waals surface area contributed by atoms with Gasteiger partial charge in [-0.15, -0.1) is 0 Å². The van der Waals surface area contributed by atoms with E-state index in [0.717, 1.165) is 35.5 Å². The van der Waals surface area contributed by atoms with Crippen molar-refractivity contribution in [3.05, 3.63) is 29.8 Å². The molecule has 4 fully saturated rings. The Labute approximate surface area is 145 Å². The van der Waals surface area contributed by atoms with Crippen molar-refractivity contribution < 1.29 is 9.53 Å². The second-order valence-corrected chi connectivity index (χ2v) is 8.66. The van der Waals surface area contributed by atoms with Gasteiger partial charge in [0.05, 0.1) is 13.2 Å². The van der Waals surface area contributed by atoms with Crippen LogP contribution in [0, 0.1) is 23.2 Å². The van der Waals surface area contributed by atoms with E-state index in [9.17, 15) is 4.79 Å². The second-order valence-electron chi connectivity index (χ2n) is 8.66. The number of hydrogen-bond acceptors (Lipinski definition) is 2. The van der Waals surface area contributed by atoms with Crippen LogP contribution in [0.2, 0.25) is 0 Å². The zero-order chi connectivity index (χ0) is 16.7. The maximum Gasteiger partial charge on any atom is 0.221 e. The Balaban J connectivity index is 1.37. The monoisotopic (exact) mass is 327 g/mol. The molecule has 1 N–H and O–H groups in total. The van der Waals surface area contributed by atoms with Gasteiger partial charge in [-0.3, -0.25) is 4.79 Å². The number of carbonyl (C=O) groups is 1. The highest BCUT2D eigenvalue weighted by atomic mass is 16.5. The quantitative estimate of drug-likeness (QED) is 0.866. The Morgan fingerprint density at radius 1 is 1.12 bits per heavy atom. The van der Waals surface area contributed by atoms with Crippen molar-refractivity contribution in [1.82, 2.24) is 5.32 Å². The van der Waals surface area contributed by atoms with Crippen LogP contribution < -0.4 is 10.1 Å². The molecule has 5 rings (SSSR count). The molecule has 0 aromatic heterocycles. The Kier molecular flexibility index (Phi) is 4.06. The molecule has 0 unspecified atom stereocenters. The molecule has 1 atom stereocenters. The number of methoxy groups -OCH3 is 1. The number of carbonyl (C=O) groups excluding carboxylic acids is 1. The zero-order valence-corrected chi connectivity index (χ0v) is 14.9. The van der Waals surface area contributed by atoms with Crippen LogP contribution in [0.4, 0.5) is 0 Å². The second kappa shape index (κ2) is 6.09. The van der Waals surface area contributed by atoms with Crippen LogP contribution in [0.5, 0.6) is 5.75 Å². The molecule has 4 saturated carbocycles. The molecule has 3 nitrogen and oxygen atoms in total. The highest BCUT2D eigenvalue weighted by Gasteiger charge is 2.51. The molecule has 0 heterocycles. The third-order valence-corrected chi connectivity index (χ3v) is 6.69. The molecule has 130 valence electrons. The van der Waals surface area contributed by atoms with Crippen LogP contribution >= 0.6 is 0 Å². The summed E-state index contributed by atoms with van der Waals surface area (Å²) in [6.45, 7) is 2.07. The zero-order valence-electron chi connectivity index (χ0n) is 14.9. The average molecular weight is 327 g/mol. The summed E-state index contributed by atoms with van der Waals surface area (Å²) in [5.74, 6) is 3.81. The van der Waals surface area contributed by atoms with Crippen molar-refractivity contribution >= 4 is 5.91 Å². The first-order chi connectivity index (χ1) is 11.5. The van der Waals surface area contributed by atoms with Crippen molar-refractivity contribution in [2.24, 2.45) is 23.2 Å². The minimum atomic E-state index is 0.0531. The molecule has 0 aliphatic heterocycles. The van der Waals surface area contributed by atoms with Gasteiger partial charge >= 0.3 is 0 Å².